The van der Waals surface area contributed by atoms with E-state index in [0.717, 1.165) is 26.1 Å². The Balaban J connectivity index is 1.87. The summed E-state index contributed by atoms with van der Waals surface area (Å²) in [7, 11) is 1.65. The summed E-state index contributed by atoms with van der Waals surface area (Å²) in [6.07, 6.45) is 1.07. The highest BCUT2D eigenvalue weighted by Crippen LogP contribution is 2.24. The van der Waals surface area contributed by atoms with E-state index < -0.39 is 0 Å². The lowest BCUT2D eigenvalue weighted by molar-refractivity contribution is -0.0898. The lowest BCUT2D eigenvalue weighted by Gasteiger charge is -2.46. The standard InChI is InChI=1S/C16H23N3O3/c1-3-18-8-7-14-13(11-18)19(9-10-22-14)16(21)12-5-4-6-15(20)17(12)2/h4-6,13-14H,3,7-11H2,1-2H3/t13-,14+/m0/s1. The van der Waals surface area contributed by atoms with Crippen LogP contribution in [0.1, 0.15) is 23.8 Å². The average molecular weight is 305 g/mol. The fourth-order valence-electron chi connectivity index (χ4n) is 3.40. The number of ether oxygens (including phenoxy) is 1. The van der Waals surface area contributed by atoms with E-state index in [4.69, 9.17) is 4.74 Å². The van der Waals surface area contributed by atoms with Crippen LogP contribution < -0.4 is 5.56 Å². The zero-order valence-electron chi connectivity index (χ0n) is 13.2. The van der Waals surface area contributed by atoms with Crippen molar-refractivity contribution in [2.45, 2.75) is 25.5 Å². The molecule has 2 atom stereocenters. The smallest absolute Gasteiger partial charge is 0.271 e. The number of carbonyl (C=O) groups excluding carboxylic acids is 1. The molecule has 2 saturated heterocycles. The van der Waals surface area contributed by atoms with Crippen molar-refractivity contribution in [2.24, 2.45) is 7.05 Å². The number of carbonyl (C=O) groups is 1. The third kappa shape index (κ3) is 2.68. The molecule has 0 saturated carbocycles. The summed E-state index contributed by atoms with van der Waals surface area (Å²) < 4.78 is 7.28. The molecule has 0 aromatic carbocycles. The molecule has 0 radical (unpaired) electrons. The Labute approximate surface area is 130 Å². The first-order valence-corrected chi connectivity index (χ1v) is 7.92. The van der Waals surface area contributed by atoms with Crippen molar-refractivity contribution in [2.75, 3.05) is 32.8 Å². The van der Waals surface area contributed by atoms with Crippen molar-refractivity contribution in [1.29, 1.82) is 0 Å². The maximum absolute atomic E-state index is 12.9. The number of amides is 1. The number of fused-ring (bicyclic) bond motifs is 1. The van der Waals surface area contributed by atoms with Crippen molar-refractivity contribution in [3.8, 4) is 0 Å². The topological polar surface area (TPSA) is 54.8 Å². The maximum Gasteiger partial charge on any atom is 0.271 e. The Kier molecular flexibility index (Phi) is 4.31. The number of likely N-dealkylation sites (tertiary alicyclic amines) is 1. The molecular weight excluding hydrogens is 282 g/mol. The normalized spacial score (nSPS) is 25.8. The van der Waals surface area contributed by atoms with E-state index in [0.29, 0.717) is 18.8 Å². The predicted molar refractivity (Wildman–Crippen MR) is 83.0 cm³/mol. The zero-order chi connectivity index (χ0) is 15.7. The Morgan fingerprint density at radius 3 is 2.95 bits per heavy atom. The first-order chi connectivity index (χ1) is 10.6. The van der Waals surface area contributed by atoms with Crippen LogP contribution in [-0.2, 0) is 11.8 Å². The molecule has 0 N–H and O–H groups in total. The molecule has 1 aromatic heterocycles. The molecule has 3 heterocycles. The molecule has 0 spiro atoms. The van der Waals surface area contributed by atoms with Crippen molar-refractivity contribution >= 4 is 5.91 Å². The number of rotatable bonds is 2. The quantitative estimate of drug-likeness (QED) is 0.790. The van der Waals surface area contributed by atoms with Crippen molar-refractivity contribution < 1.29 is 9.53 Å². The fourth-order valence-corrected chi connectivity index (χ4v) is 3.40. The lowest BCUT2D eigenvalue weighted by atomic mass is 9.98. The van der Waals surface area contributed by atoms with Crippen LogP contribution in [0.25, 0.3) is 0 Å². The first-order valence-electron chi connectivity index (χ1n) is 7.92. The van der Waals surface area contributed by atoms with Gasteiger partial charge in [0.2, 0.25) is 0 Å². The van der Waals surface area contributed by atoms with Gasteiger partial charge >= 0.3 is 0 Å². The highest BCUT2D eigenvalue weighted by atomic mass is 16.5. The van der Waals surface area contributed by atoms with Gasteiger partial charge in [-0.2, -0.15) is 0 Å². The predicted octanol–water partition coefficient (Wildman–Crippen LogP) is 0.321. The monoisotopic (exact) mass is 305 g/mol. The molecule has 0 bridgehead atoms. The number of likely N-dealkylation sites (N-methyl/N-ethyl adjacent to an activating group) is 1. The van der Waals surface area contributed by atoms with Gasteiger partial charge in [0, 0.05) is 32.7 Å². The average Bonchev–Trinajstić information content (AvgIpc) is 2.55. The molecule has 0 unspecified atom stereocenters. The van der Waals surface area contributed by atoms with Gasteiger partial charge in [-0.3, -0.25) is 9.59 Å². The summed E-state index contributed by atoms with van der Waals surface area (Å²) in [5.41, 5.74) is 0.288. The third-order valence-electron chi connectivity index (χ3n) is 4.78. The number of pyridine rings is 1. The van der Waals surface area contributed by atoms with Crippen LogP contribution in [0, 0.1) is 0 Å². The van der Waals surface area contributed by atoms with E-state index in [-0.39, 0.29) is 23.6 Å². The summed E-state index contributed by atoms with van der Waals surface area (Å²) >= 11 is 0. The van der Waals surface area contributed by atoms with Gasteiger partial charge in [-0.25, -0.2) is 0 Å². The number of piperidine rings is 1. The number of nitrogens with zero attached hydrogens (tertiary/aromatic N) is 3. The minimum absolute atomic E-state index is 0.0727. The summed E-state index contributed by atoms with van der Waals surface area (Å²) in [5.74, 6) is -0.0727. The van der Waals surface area contributed by atoms with E-state index >= 15 is 0 Å². The van der Waals surface area contributed by atoms with Crippen LogP contribution >= 0.6 is 0 Å². The number of aromatic nitrogens is 1. The largest absolute Gasteiger partial charge is 0.374 e. The zero-order valence-corrected chi connectivity index (χ0v) is 13.2. The van der Waals surface area contributed by atoms with Gasteiger partial charge in [-0.1, -0.05) is 13.0 Å². The van der Waals surface area contributed by atoms with Gasteiger partial charge in [0.05, 0.1) is 18.8 Å². The van der Waals surface area contributed by atoms with Crippen molar-refractivity contribution in [3.63, 3.8) is 0 Å². The van der Waals surface area contributed by atoms with E-state index in [1.165, 1.54) is 10.6 Å². The molecule has 6 heteroatoms. The molecule has 120 valence electrons. The SMILES string of the molecule is CCN1CC[C@H]2OCCN(C(=O)c3cccc(=O)n3C)[C@H]2C1. The minimum Gasteiger partial charge on any atom is -0.374 e. The summed E-state index contributed by atoms with van der Waals surface area (Å²) in [6.45, 7) is 6.13. The van der Waals surface area contributed by atoms with Gasteiger partial charge in [0.25, 0.3) is 11.5 Å². The molecule has 0 aliphatic carbocycles. The molecule has 2 fully saturated rings. The molecular formula is C16H23N3O3. The van der Waals surface area contributed by atoms with Crippen LogP contribution in [-0.4, -0.2) is 65.2 Å². The van der Waals surface area contributed by atoms with Crippen LogP contribution in [0.15, 0.2) is 23.0 Å². The van der Waals surface area contributed by atoms with Gasteiger partial charge in [-0.05, 0) is 19.0 Å². The van der Waals surface area contributed by atoms with Gasteiger partial charge in [0.15, 0.2) is 0 Å². The molecule has 1 amide bonds. The van der Waals surface area contributed by atoms with Crippen molar-refractivity contribution in [1.82, 2.24) is 14.4 Å². The minimum atomic E-state index is -0.158. The van der Waals surface area contributed by atoms with E-state index in [1.807, 2.05) is 4.90 Å². The molecule has 2 aliphatic heterocycles. The van der Waals surface area contributed by atoms with Gasteiger partial charge in [-0.15, -0.1) is 0 Å². The Morgan fingerprint density at radius 2 is 2.18 bits per heavy atom. The summed E-state index contributed by atoms with van der Waals surface area (Å²) in [4.78, 5) is 28.9. The number of morpholine rings is 1. The second-order valence-electron chi connectivity index (χ2n) is 5.97. The summed E-state index contributed by atoms with van der Waals surface area (Å²) in [5, 5.41) is 0. The highest BCUT2D eigenvalue weighted by Gasteiger charge is 2.39. The van der Waals surface area contributed by atoms with Crippen LogP contribution in [0.2, 0.25) is 0 Å². The van der Waals surface area contributed by atoms with E-state index in [9.17, 15) is 9.59 Å². The third-order valence-corrected chi connectivity index (χ3v) is 4.78. The molecule has 2 aliphatic rings. The second kappa shape index (κ2) is 6.22. The van der Waals surface area contributed by atoms with Gasteiger partial charge in [0.1, 0.15) is 5.69 Å². The summed E-state index contributed by atoms with van der Waals surface area (Å²) in [6, 6.07) is 4.91. The second-order valence-corrected chi connectivity index (χ2v) is 5.97. The van der Waals surface area contributed by atoms with E-state index in [2.05, 4.69) is 11.8 Å². The first kappa shape index (κ1) is 15.2. The van der Waals surface area contributed by atoms with Crippen LogP contribution in [0.3, 0.4) is 0 Å². The van der Waals surface area contributed by atoms with E-state index in [1.54, 1.807) is 19.2 Å². The van der Waals surface area contributed by atoms with Crippen LogP contribution in [0.4, 0.5) is 0 Å². The Bertz CT molecular complexity index is 613. The maximum atomic E-state index is 12.9. The molecule has 6 nitrogen and oxygen atoms in total. The lowest BCUT2D eigenvalue weighted by Crippen LogP contribution is -2.61. The number of hydrogen-bond acceptors (Lipinski definition) is 4. The molecule has 3 rings (SSSR count). The number of hydrogen-bond donors (Lipinski definition) is 0. The van der Waals surface area contributed by atoms with Crippen molar-refractivity contribution in [3.05, 3.63) is 34.2 Å². The Morgan fingerprint density at radius 1 is 1.36 bits per heavy atom. The fraction of sp³-hybridized carbons (Fsp3) is 0.625. The molecule has 22 heavy (non-hydrogen) atoms. The molecule has 1 aromatic rings. The highest BCUT2D eigenvalue weighted by molar-refractivity contribution is 5.93. The van der Waals surface area contributed by atoms with Crippen LogP contribution in [0.5, 0.6) is 0 Å². The van der Waals surface area contributed by atoms with Gasteiger partial charge < -0.3 is 19.1 Å². The Hall–Kier alpha value is -1.66.